The lowest BCUT2D eigenvalue weighted by molar-refractivity contribution is -0.142. The Hall–Kier alpha value is -3.62. The number of phenolic OH excluding ortho intramolecular Hbond substituents is 1. The van der Waals surface area contributed by atoms with Crippen LogP contribution in [0.1, 0.15) is 18.2 Å². The SMILES string of the molecule is CC(O)C(NC(=O)C(N)Cc1ccc(O)cc1)C(=O)NC(CS)C(=O)NC(Cc1cnc[nH]1)C(=O)O. The number of nitrogens with zero attached hydrogens (tertiary/aromatic N) is 1. The van der Waals surface area contributed by atoms with E-state index in [0.29, 0.717) is 11.3 Å². The summed E-state index contributed by atoms with van der Waals surface area (Å²) in [5.41, 5.74) is 7.07. The van der Waals surface area contributed by atoms with Crippen LogP contribution in [0, 0.1) is 0 Å². The molecule has 196 valence electrons. The molecular weight excluding hydrogens is 492 g/mol. The molecule has 1 aromatic heterocycles. The van der Waals surface area contributed by atoms with E-state index in [4.69, 9.17) is 5.73 Å². The molecule has 0 radical (unpaired) electrons. The summed E-state index contributed by atoms with van der Waals surface area (Å²) in [7, 11) is 0. The third-order valence-corrected chi connectivity index (χ3v) is 5.57. The van der Waals surface area contributed by atoms with Crippen molar-refractivity contribution in [3.63, 3.8) is 0 Å². The highest BCUT2D eigenvalue weighted by Crippen LogP contribution is 2.11. The Labute approximate surface area is 212 Å². The third-order valence-electron chi connectivity index (χ3n) is 5.20. The number of aromatic nitrogens is 2. The van der Waals surface area contributed by atoms with Crippen molar-refractivity contribution >= 4 is 36.3 Å². The molecule has 13 nitrogen and oxygen atoms in total. The maximum absolute atomic E-state index is 12.8. The third kappa shape index (κ3) is 8.55. The number of imidazole rings is 1. The van der Waals surface area contributed by atoms with E-state index in [1.807, 2.05) is 0 Å². The zero-order chi connectivity index (χ0) is 26.8. The Morgan fingerprint density at radius 3 is 2.19 bits per heavy atom. The lowest BCUT2D eigenvalue weighted by atomic mass is 10.0. The van der Waals surface area contributed by atoms with Crippen LogP contribution in [0.2, 0.25) is 0 Å². The standard InChI is InChI=1S/C22H30N6O7S/c1-11(29)18(28-19(31)15(23)6-12-2-4-14(30)5-3-12)21(33)27-17(9-36)20(32)26-16(22(34)35)7-13-8-24-10-25-13/h2-5,8,10-11,15-18,29-30,36H,6-7,9,23H2,1H3,(H,24,25)(H,26,32)(H,27,33)(H,28,31)(H,34,35). The van der Waals surface area contributed by atoms with Crippen molar-refractivity contribution in [3.05, 3.63) is 48.0 Å². The molecule has 5 unspecified atom stereocenters. The number of aliphatic hydroxyl groups is 1. The Morgan fingerprint density at radius 2 is 1.67 bits per heavy atom. The van der Waals surface area contributed by atoms with Crippen molar-refractivity contribution < 1.29 is 34.5 Å². The largest absolute Gasteiger partial charge is 0.508 e. The van der Waals surface area contributed by atoms with Crippen molar-refractivity contribution in [3.8, 4) is 5.75 Å². The average molecular weight is 523 g/mol. The van der Waals surface area contributed by atoms with E-state index < -0.39 is 54.0 Å². The molecule has 0 aliphatic rings. The van der Waals surface area contributed by atoms with Gasteiger partial charge in [0, 0.05) is 24.1 Å². The van der Waals surface area contributed by atoms with Crippen LogP contribution in [0.4, 0.5) is 0 Å². The number of aliphatic carboxylic acids is 1. The van der Waals surface area contributed by atoms with Gasteiger partial charge in [-0.25, -0.2) is 9.78 Å². The summed E-state index contributed by atoms with van der Waals surface area (Å²) in [5, 5.41) is 35.9. The number of aromatic hydroxyl groups is 1. The van der Waals surface area contributed by atoms with Crippen molar-refractivity contribution in [1.29, 1.82) is 0 Å². The molecule has 0 spiro atoms. The summed E-state index contributed by atoms with van der Waals surface area (Å²) in [6.45, 7) is 1.27. The molecule has 0 fully saturated rings. The van der Waals surface area contributed by atoms with Gasteiger partial charge in [-0.05, 0) is 31.0 Å². The number of hydrogen-bond acceptors (Lipinski definition) is 9. The molecule has 0 aliphatic carbocycles. The van der Waals surface area contributed by atoms with Gasteiger partial charge >= 0.3 is 5.97 Å². The summed E-state index contributed by atoms with van der Waals surface area (Å²) in [4.78, 5) is 56.1. The minimum Gasteiger partial charge on any atom is -0.508 e. The number of phenols is 1. The van der Waals surface area contributed by atoms with Crippen LogP contribution in [0.15, 0.2) is 36.8 Å². The maximum atomic E-state index is 12.8. The van der Waals surface area contributed by atoms with Gasteiger partial charge in [-0.15, -0.1) is 0 Å². The highest BCUT2D eigenvalue weighted by molar-refractivity contribution is 7.80. The van der Waals surface area contributed by atoms with E-state index in [1.54, 1.807) is 12.1 Å². The van der Waals surface area contributed by atoms with Crippen molar-refractivity contribution in [2.45, 2.75) is 50.0 Å². The van der Waals surface area contributed by atoms with Gasteiger partial charge in [0.1, 0.15) is 23.9 Å². The number of aliphatic hydroxyl groups excluding tert-OH is 1. The number of amides is 3. The van der Waals surface area contributed by atoms with E-state index >= 15 is 0 Å². The lowest BCUT2D eigenvalue weighted by Crippen LogP contribution is -2.60. The van der Waals surface area contributed by atoms with Crippen molar-refractivity contribution in [2.24, 2.45) is 5.73 Å². The first-order valence-corrected chi connectivity index (χ1v) is 11.6. The van der Waals surface area contributed by atoms with Crippen molar-refractivity contribution in [2.75, 3.05) is 5.75 Å². The van der Waals surface area contributed by atoms with Crippen LogP contribution in [0.3, 0.4) is 0 Å². The maximum Gasteiger partial charge on any atom is 0.326 e. The fraction of sp³-hybridized carbons (Fsp3) is 0.409. The Bertz CT molecular complexity index is 1030. The molecule has 5 atom stereocenters. The molecule has 36 heavy (non-hydrogen) atoms. The Morgan fingerprint density at radius 1 is 1.03 bits per heavy atom. The number of carbonyl (C=O) groups is 4. The molecule has 1 aromatic carbocycles. The van der Waals surface area contributed by atoms with Crippen LogP contribution in [0.5, 0.6) is 5.75 Å². The molecule has 0 aliphatic heterocycles. The molecule has 14 heteroatoms. The quantitative estimate of drug-likeness (QED) is 0.134. The van der Waals surface area contributed by atoms with E-state index in [-0.39, 0.29) is 24.3 Å². The number of nitrogens with one attached hydrogen (secondary N) is 4. The summed E-state index contributed by atoms with van der Waals surface area (Å²) < 4.78 is 0. The Balaban J connectivity index is 2.00. The van der Waals surface area contributed by atoms with E-state index in [0.717, 1.165) is 0 Å². The second kappa shape index (κ2) is 13.5. The van der Waals surface area contributed by atoms with Gasteiger partial charge in [0.05, 0.1) is 18.5 Å². The minimum atomic E-state index is -1.45. The zero-order valence-electron chi connectivity index (χ0n) is 19.4. The number of thiol groups is 1. The lowest BCUT2D eigenvalue weighted by Gasteiger charge is -2.25. The highest BCUT2D eigenvalue weighted by atomic mass is 32.1. The second-order valence-corrected chi connectivity index (χ2v) is 8.49. The fourth-order valence-corrected chi connectivity index (χ4v) is 3.45. The first-order chi connectivity index (χ1) is 17.0. The number of rotatable bonds is 13. The number of carboxylic acid groups (broad SMARTS) is 1. The minimum absolute atomic E-state index is 0.0568. The van der Waals surface area contributed by atoms with Crippen LogP contribution in [-0.4, -0.2) is 85.0 Å². The summed E-state index contributed by atoms with van der Waals surface area (Å²) in [6.07, 6.45) is 1.48. The van der Waals surface area contributed by atoms with Gasteiger partial charge in [-0.2, -0.15) is 12.6 Å². The normalized spacial score (nSPS) is 15.1. The molecule has 9 N–H and O–H groups in total. The summed E-state index contributed by atoms with van der Waals surface area (Å²) in [6, 6.07) is 1.000. The smallest absolute Gasteiger partial charge is 0.326 e. The number of aromatic amines is 1. The first-order valence-electron chi connectivity index (χ1n) is 10.9. The zero-order valence-corrected chi connectivity index (χ0v) is 20.3. The predicted octanol–water partition coefficient (Wildman–Crippen LogP) is -1.92. The molecule has 3 amide bonds. The van der Waals surface area contributed by atoms with Gasteiger partial charge < -0.3 is 42.0 Å². The molecule has 0 bridgehead atoms. The van der Waals surface area contributed by atoms with Crippen LogP contribution in [0.25, 0.3) is 0 Å². The number of benzene rings is 1. The highest BCUT2D eigenvalue weighted by Gasteiger charge is 2.32. The molecular formula is C22H30N6O7S. The monoisotopic (exact) mass is 522 g/mol. The van der Waals surface area contributed by atoms with Gasteiger partial charge in [0.2, 0.25) is 17.7 Å². The molecule has 2 rings (SSSR count). The summed E-state index contributed by atoms with van der Waals surface area (Å²) in [5.74, 6) is -3.84. The van der Waals surface area contributed by atoms with Crippen molar-refractivity contribution in [1.82, 2.24) is 25.9 Å². The fourth-order valence-electron chi connectivity index (χ4n) is 3.19. The average Bonchev–Trinajstić information content (AvgIpc) is 3.34. The summed E-state index contributed by atoms with van der Waals surface area (Å²) >= 11 is 4.05. The topological polar surface area (TPSA) is 220 Å². The number of carbonyl (C=O) groups excluding carboxylic acids is 3. The number of hydrogen-bond donors (Lipinski definition) is 9. The Kier molecular flexibility index (Phi) is 10.7. The van der Waals surface area contributed by atoms with E-state index in [2.05, 4.69) is 38.5 Å². The van der Waals surface area contributed by atoms with Gasteiger partial charge in [-0.1, -0.05) is 12.1 Å². The van der Waals surface area contributed by atoms with Crippen LogP contribution >= 0.6 is 12.6 Å². The van der Waals surface area contributed by atoms with E-state index in [9.17, 15) is 34.5 Å². The molecule has 2 aromatic rings. The van der Waals surface area contributed by atoms with Gasteiger partial charge in [-0.3, -0.25) is 14.4 Å². The molecule has 1 heterocycles. The number of H-pyrrole nitrogens is 1. The first kappa shape index (κ1) is 28.6. The van der Waals surface area contributed by atoms with Crippen LogP contribution < -0.4 is 21.7 Å². The van der Waals surface area contributed by atoms with E-state index in [1.165, 1.54) is 31.6 Å². The second-order valence-electron chi connectivity index (χ2n) is 8.13. The van der Waals surface area contributed by atoms with Gasteiger partial charge in [0.15, 0.2) is 0 Å². The van der Waals surface area contributed by atoms with Gasteiger partial charge in [0.25, 0.3) is 0 Å². The predicted molar refractivity (Wildman–Crippen MR) is 131 cm³/mol. The molecule has 0 saturated heterocycles. The number of nitrogens with two attached hydrogens (primary N) is 1. The van der Waals surface area contributed by atoms with Crippen LogP contribution in [-0.2, 0) is 32.0 Å². The number of carboxylic acids is 1. The molecule has 0 saturated carbocycles.